The van der Waals surface area contributed by atoms with Crippen LogP contribution in [0.4, 0.5) is 0 Å². The molecule has 4 nitrogen and oxygen atoms in total. The normalized spacial score (nSPS) is 16.0. The lowest BCUT2D eigenvalue weighted by atomic mass is 10.1. The summed E-state index contributed by atoms with van der Waals surface area (Å²) in [5, 5.41) is 4.26. The molecular formula is C18H24N2O2S. The van der Waals surface area contributed by atoms with Crippen LogP contribution in [-0.4, -0.2) is 44.6 Å². The molecule has 1 aliphatic carbocycles. The van der Waals surface area contributed by atoms with Crippen molar-refractivity contribution in [2.24, 2.45) is 5.92 Å². The monoisotopic (exact) mass is 332 g/mol. The number of fused-ring (bicyclic) bond motifs is 1. The van der Waals surface area contributed by atoms with E-state index in [0.29, 0.717) is 19.2 Å². The van der Waals surface area contributed by atoms with Crippen LogP contribution in [-0.2, 0) is 11.3 Å². The first-order valence-electron chi connectivity index (χ1n) is 8.05. The first kappa shape index (κ1) is 16.4. The zero-order chi connectivity index (χ0) is 16.4. The molecule has 0 spiro atoms. The van der Waals surface area contributed by atoms with Gasteiger partial charge >= 0.3 is 0 Å². The van der Waals surface area contributed by atoms with Gasteiger partial charge in [-0.3, -0.25) is 4.79 Å². The number of carbonyl (C=O) groups is 1. The predicted molar refractivity (Wildman–Crippen MR) is 95.1 cm³/mol. The molecule has 1 heterocycles. The number of methoxy groups -OCH3 is 1. The van der Waals surface area contributed by atoms with Crippen LogP contribution in [0.15, 0.2) is 24.3 Å². The fourth-order valence-corrected chi connectivity index (χ4v) is 4.22. The SMILES string of the molecule is COCc1c(C(=O)NC[C@H](C2CC2)N(C)C)sc2ccccc12. The second kappa shape index (κ2) is 6.99. The van der Waals surface area contributed by atoms with Gasteiger partial charge < -0.3 is 15.0 Å². The molecule has 3 rings (SSSR count). The third kappa shape index (κ3) is 3.57. The molecule has 1 atom stereocenters. The van der Waals surface area contributed by atoms with E-state index in [0.717, 1.165) is 26.4 Å². The van der Waals surface area contributed by atoms with Crippen molar-refractivity contribution in [2.75, 3.05) is 27.7 Å². The van der Waals surface area contributed by atoms with Gasteiger partial charge in [0.2, 0.25) is 0 Å². The van der Waals surface area contributed by atoms with Crippen molar-refractivity contribution in [1.82, 2.24) is 10.2 Å². The number of likely N-dealkylation sites (N-methyl/N-ethyl adjacent to an activating group) is 1. The Morgan fingerprint density at radius 2 is 2.13 bits per heavy atom. The van der Waals surface area contributed by atoms with Crippen molar-refractivity contribution in [3.8, 4) is 0 Å². The molecule has 1 aromatic carbocycles. The highest BCUT2D eigenvalue weighted by Crippen LogP contribution is 2.35. The van der Waals surface area contributed by atoms with Crippen LogP contribution in [0.5, 0.6) is 0 Å². The zero-order valence-corrected chi connectivity index (χ0v) is 14.8. The van der Waals surface area contributed by atoms with Crippen molar-refractivity contribution in [3.63, 3.8) is 0 Å². The Kier molecular flexibility index (Phi) is 4.99. The van der Waals surface area contributed by atoms with Crippen LogP contribution in [0.1, 0.15) is 28.1 Å². The fourth-order valence-electron chi connectivity index (χ4n) is 3.10. The fraction of sp³-hybridized carbons (Fsp3) is 0.500. The molecule has 2 aromatic rings. The van der Waals surface area contributed by atoms with Gasteiger partial charge in [0.1, 0.15) is 0 Å². The maximum Gasteiger partial charge on any atom is 0.261 e. The van der Waals surface area contributed by atoms with E-state index in [2.05, 4.69) is 36.4 Å². The Morgan fingerprint density at radius 3 is 2.78 bits per heavy atom. The van der Waals surface area contributed by atoms with Crippen LogP contribution >= 0.6 is 11.3 Å². The predicted octanol–water partition coefficient (Wildman–Crippen LogP) is 3.12. The highest BCUT2D eigenvalue weighted by Gasteiger charge is 2.33. The number of carbonyl (C=O) groups excluding carboxylic acids is 1. The molecule has 0 unspecified atom stereocenters. The number of nitrogens with zero attached hydrogens (tertiary/aromatic N) is 1. The first-order chi connectivity index (χ1) is 11.1. The largest absolute Gasteiger partial charge is 0.380 e. The van der Waals surface area contributed by atoms with Crippen LogP contribution in [0.3, 0.4) is 0 Å². The minimum absolute atomic E-state index is 0.0192. The summed E-state index contributed by atoms with van der Waals surface area (Å²) in [5.74, 6) is 0.747. The lowest BCUT2D eigenvalue weighted by molar-refractivity contribution is 0.0939. The quantitative estimate of drug-likeness (QED) is 0.847. The van der Waals surface area contributed by atoms with Gasteiger partial charge in [-0.15, -0.1) is 11.3 Å². The van der Waals surface area contributed by atoms with Crippen molar-refractivity contribution in [1.29, 1.82) is 0 Å². The molecule has 1 saturated carbocycles. The number of thiophene rings is 1. The lowest BCUT2D eigenvalue weighted by Gasteiger charge is -2.24. The summed E-state index contributed by atoms with van der Waals surface area (Å²) >= 11 is 1.55. The summed E-state index contributed by atoms with van der Waals surface area (Å²) in [4.78, 5) is 15.7. The summed E-state index contributed by atoms with van der Waals surface area (Å²) in [7, 11) is 5.85. The number of amides is 1. The van der Waals surface area contributed by atoms with Gasteiger partial charge in [0, 0.05) is 30.0 Å². The maximum absolute atomic E-state index is 12.7. The van der Waals surface area contributed by atoms with Crippen LogP contribution in [0.2, 0.25) is 0 Å². The average Bonchev–Trinajstić information content (AvgIpc) is 3.29. The van der Waals surface area contributed by atoms with E-state index in [1.165, 1.54) is 12.8 Å². The van der Waals surface area contributed by atoms with E-state index in [9.17, 15) is 4.79 Å². The number of nitrogens with one attached hydrogen (secondary N) is 1. The molecule has 1 amide bonds. The maximum atomic E-state index is 12.7. The highest BCUT2D eigenvalue weighted by molar-refractivity contribution is 7.21. The lowest BCUT2D eigenvalue weighted by Crippen LogP contribution is -2.41. The van der Waals surface area contributed by atoms with Gasteiger partial charge in [0.05, 0.1) is 11.5 Å². The Morgan fingerprint density at radius 1 is 1.39 bits per heavy atom. The minimum Gasteiger partial charge on any atom is -0.380 e. The van der Waals surface area contributed by atoms with Crippen molar-refractivity contribution in [2.45, 2.75) is 25.5 Å². The van der Waals surface area contributed by atoms with Gasteiger partial charge in [-0.2, -0.15) is 0 Å². The zero-order valence-electron chi connectivity index (χ0n) is 14.0. The number of benzene rings is 1. The van der Waals surface area contributed by atoms with Crippen molar-refractivity contribution in [3.05, 3.63) is 34.7 Å². The van der Waals surface area contributed by atoms with Crippen molar-refractivity contribution >= 4 is 27.3 Å². The molecule has 0 saturated heterocycles. The number of rotatable bonds is 7. The standard InChI is InChI=1S/C18H24N2O2S/c1-20(2)15(12-8-9-12)10-19-18(21)17-14(11-22-3)13-6-4-5-7-16(13)23-17/h4-7,12,15H,8-11H2,1-3H3,(H,19,21)/t15-/m1/s1. The molecule has 1 aliphatic rings. The van der Waals surface area contributed by atoms with Gasteiger partial charge in [-0.25, -0.2) is 0 Å². The molecule has 5 heteroatoms. The number of hydrogen-bond acceptors (Lipinski definition) is 4. The van der Waals surface area contributed by atoms with E-state index >= 15 is 0 Å². The molecule has 0 aliphatic heterocycles. The van der Waals surface area contributed by atoms with E-state index in [-0.39, 0.29) is 5.91 Å². The minimum atomic E-state index is 0.0192. The summed E-state index contributed by atoms with van der Waals surface area (Å²) in [6.45, 7) is 1.17. The summed E-state index contributed by atoms with van der Waals surface area (Å²) in [6, 6.07) is 8.56. The molecule has 1 N–H and O–H groups in total. The molecule has 1 fully saturated rings. The second-order valence-electron chi connectivity index (χ2n) is 6.42. The van der Waals surface area contributed by atoms with Gasteiger partial charge in [-0.1, -0.05) is 18.2 Å². The molecule has 0 bridgehead atoms. The summed E-state index contributed by atoms with van der Waals surface area (Å²) in [5.41, 5.74) is 0.999. The topological polar surface area (TPSA) is 41.6 Å². The Balaban J connectivity index is 1.78. The average molecular weight is 332 g/mol. The van der Waals surface area contributed by atoms with Crippen LogP contribution in [0.25, 0.3) is 10.1 Å². The van der Waals surface area contributed by atoms with Gasteiger partial charge in [0.15, 0.2) is 0 Å². The Bertz CT molecular complexity index is 689. The third-order valence-electron chi connectivity index (χ3n) is 4.49. The molecule has 1 aromatic heterocycles. The van der Waals surface area contributed by atoms with E-state index < -0.39 is 0 Å². The Hall–Kier alpha value is -1.43. The van der Waals surface area contributed by atoms with E-state index in [1.807, 2.05) is 12.1 Å². The van der Waals surface area contributed by atoms with Crippen molar-refractivity contribution < 1.29 is 9.53 Å². The Labute approximate surface area is 141 Å². The summed E-state index contributed by atoms with van der Waals surface area (Å²) < 4.78 is 6.45. The van der Waals surface area contributed by atoms with Gasteiger partial charge in [-0.05, 0) is 44.3 Å². The second-order valence-corrected chi connectivity index (χ2v) is 7.47. The molecule has 0 radical (unpaired) electrons. The number of ether oxygens (including phenoxy) is 1. The molecular weight excluding hydrogens is 308 g/mol. The smallest absolute Gasteiger partial charge is 0.261 e. The molecule has 124 valence electrons. The highest BCUT2D eigenvalue weighted by atomic mass is 32.1. The van der Waals surface area contributed by atoms with E-state index in [1.54, 1.807) is 18.4 Å². The van der Waals surface area contributed by atoms with E-state index in [4.69, 9.17) is 4.74 Å². The first-order valence-corrected chi connectivity index (χ1v) is 8.87. The third-order valence-corrected chi connectivity index (χ3v) is 5.71. The summed E-state index contributed by atoms with van der Waals surface area (Å²) in [6.07, 6.45) is 2.55. The van der Waals surface area contributed by atoms with Crippen LogP contribution in [0, 0.1) is 5.92 Å². The number of hydrogen-bond donors (Lipinski definition) is 1. The molecule has 23 heavy (non-hydrogen) atoms. The van der Waals surface area contributed by atoms with Gasteiger partial charge in [0.25, 0.3) is 5.91 Å². The van der Waals surface area contributed by atoms with Crippen LogP contribution < -0.4 is 5.32 Å².